The lowest BCUT2D eigenvalue weighted by molar-refractivity contribution is -0.124. The van der Waals surface area contributed by atoms with E-state index in [1.807, 2.05) is 75.4 Å². The molecule has 0 aliphatic carbocycles. The van der Waals surface area contributed by atoms with Crippen molar-refractivity contribution in [3.05, 3.63) is 84.2 Å². The maximum Gasteiger partial charge on any atom is 0.408 e. The molecule has 2 aromatic carbocycles. The Balaban J connectivity index is 1.68. The van der Waals surface area contributed by atoms with Crippen LogP contribution in [0.25, 0.3) is 11.1 Å². The Kier molecular flexibility index (Phi) is 6.18. The number of hydrogen-bond donors (Lipinski definition) is 1. The number of carbonyl (C=O) groups excluding carboxylic acids is 1. The van der Waals surface area contributed by atoms with Crippen molar-refractivity contribution in [3.8, 4) is 11.1 Å². The number of pyridine rings is 1. The van der Waals surface area contributed by atoms with E-state index < -0.39 is 17.7 Å². The average Bonchev–Trinajstić information content (AvgIpc) is 3.21. The summed E-state index contributed by atoms with van der Waals surface area (Å²) in [5, 5.41) is 10.1. The van der Waals surface area contributed by atoms with Crippen LogP contribution in [0.2, 0.25) is 0 Å². The highest BCUT2D eigenvalue weighted by Gasteiger charge is 2.41. The highest BCUT2D eigenvalue weighted by molar-refractivity contribution is 6.00. The summed E-state index contributed by atoms with van der Waals surface area (Å²) in [6.45, 7) is 6.01. The first-order valence-corrected chi connectivity index (χ1v) is 11.2. The van der Waals surface area contributed by atoms with Crippen molar-refractivity contribution in [2.75, 3.05) is 11.4 Å². The summed E-state index contributed by atoms with van der Waals surface area (Å²) in [5.41, 5.74) is 4.30. The first-order valence-electron chi connectivity index (χ1n) is 11.2. The van der Waals surface area contributed by atoms with E-state index in [1.165, 1.54) is 4.90 Å². The largest absolute Gasteiger partial charge is 0.465 e. The predicted octanol–water partition coefficient (Wildman–Crippen LogP) is 5.03. The first kappa shape index (κ1) is 22.5. The van der Waals surface area contributed by atoms with Gasteiger partial charge in [0.15, 0.2) is 0 Å². The fraction of sp³-hybridized carbons (Fsp3) is 0.296. The van der Waals surface area contributed by atoms with Crippen LogP contribution in [0.4, 0.5) is 10.5 Å². The molecule has 0 radical (unpaired) electrons. The number of aromatic nitrogens is 1. The number of hydrogen-bond acceptors (Lipinski definition) is 3. The van der Waals surface area contributed by atoms with Gasteiger partial charge in [0.25, 0.3) is 0 Å². The molecule has 3 aromatic rings. The van der Waals surface area contributed by atoms with Gasteiger partial charge < -0.3 is 10.0 Å². The van der Waals surface area contributed by atoms with E-state index in [9.17, 15) is 14.7 Å². The molecule has 1 aliphatic heterocycles. The highest BCUT2D eigenvalue weighted by Crippen LogP contribution is 2.34. The van der Waals surface area contributed by atoms with Crippen molar-refractivity contribution in [2.24, 2.45) is 0 Å². The van der Waals surface area contributed by atoms with Crippen LogP contribution in [0, 0.1) is 0 Å². The van der Waals surface area contributed by atoms with Crippen LogP contribution < -0.4 is 4.90 Å². The Labute approximate surface area is 194 Å². The van der Waals surface area contributed by atoms with E-state index in [0.29, 0.717) is 13.0 Å². The van der Waals surface area contributed by atoms with E-state index in [0.717, 1.165) is 34.4 Å². The van der Waals surface area contributed by atoms with E-state index in [1.54, 1.807) is 17.3 Å². The molecule has 0 bridgehead atoms. The number of anilines is 1. The third-order valence-corrected chi connectivity index (χ3v) is 6.05. The van der Waals surface area contributed by atoms with Gasteiger partial charge in [0.1, 0.15) is 6.04 Å². The minimum absolute atomic E-state index is 0.188. The molecule has 1 atom stereocenters. The Hall–Kier alpha value is -3.67. The van der Waals surface area contributed by atoms with E-state index in [-0.39, 0.29) is 5.91 Å². The zero-order valence-corrected chi connectivity index (χ0v) is 19.2. The topological polar surface area (TPSA) is 73.7 Å². The molecule has 4 rings (SSSR count). The zero-order valence-electron chi connectivity index (χ0n) is 19.2. The summed E-state index contributed by atoms with van der Waals surface area (Å²) in [5.74, 6) is -0.188. The molecule has 0 saturated heterocycles. The summed E-state index contributed by atoms with van der Waals surface area (Å²) in [4.78, 5) is 33.3. The van der Waals surface area contributed by atoms with Crippen molar-refractivity contribution in [1.82, 2.24) is 9.88 Å². The number of nitrogens with zero attached hydrogens (tertiary/aromatic N) is 3. The molecule has 33 heavy (non-hydrogen) atoms. The normalized spacial score (nSPS) is 14.0. The number of amides is 2. The molecule has 1 aromatic heterocycles. The van der Waals surface area contributed by atoms with Gasteiger partial charge in [-0.3, -0.25) is 14.7 Å². The van der Waals surface area contributed by atoms with Gasteiger partial charge in [-0.2, -0.15) is 0 Å². The fourth-order valence-electron chi connectivity index (χ4n) is 4.55. The molecule has 0 unspecified atom stereocenters. The monoisotopic (exact) mass is 443 g/mol. The van der Waals surface area contributed by atoms with Gasteiger partial charge in [0.2, 0.25) is 5.91 Å². The molecular formula is C27H29N3O3. The second-order valence-electron chi connectivity index (χ2n) is 9.35. The van der Waals surface area contributed by atoms with Crippen LogP contribution in [0.5, 0.6) is 0 Å². The van der Waals surface area contributed by atoms with Crippen molar-refractivity contribution in [1.29, 1.82) is 0 Å². The van der Waals surface area contributed by atoms with Gasteiger partial charge in [-0.15, -0.1) is 0 Å². The van der Waals surface area contributed by atoms with Gasteiger partial charge in [-0.1, -0.05) is 36.4 Å². The molecular weight excluding hydrogens is 414 g/mol. The SMILES string of the molecule is CC(C)(C)N(C(=O)O)[C@@H](Cc1ccccc1)C(=O)N1CCc2cc(-c3ccncc3)ccc21. The number of benzene rings is 2. The van der Waals surface area contributed by atoms with Gasteiger partial charge in [-0.25, -0.2) is 4.79 Å². The van der Waals surface area contributed by atoms with Gasteiger partial charge in [-0.05, 0) is 73.7 Å². The molecule has 6 heteroatoms. The zero-order chi connectivity index (χ0) is 23.6. The number of rotatable bonds is 5. The fourth-order valence-corrected chi connectivity index (χ4v) is 4.55. The Morgan fingerprint density at radius 3 is 2.36 bits per heavy atom. The quantitative estimate of drug-likeness (QED) is 0.600. The van der Waals surface area contributed by atoms with E-state index in [4.69, 9.17) is 0 Å². The second-order valence-corrected chi connectivity index (χ2v) is 9.35. The smallest absolute Gasteiger partial charge is 0.408 e. The average molecular weight is 444 g/mol. The molecule has 2 heterocycles. The molecule has 1 aliphatic rings. The standard InChI is InChI=1S/C27H29N3O3/c1-27(2,3)30(26(32)33)24(17-19-7-5-4-6-8-19)25(31)29-16-13-22-18-21(9-10-23(22)29)20-11-14-28-15-12-20/h4-12,14-15,18,24H,13,16-17H2,1-3H3,(H,32,33)/t24-/m0/s1. The summed E-state index contributed by atoms with van der Waals surface area (Å²) >= 11 is 0. The minimum Gasteiger partial charge on any atom is -0.465 e. The van der Waals surface area contributed by atoms with Gasteiger partial charge in [0.05, 0.1) is 0 Å². The predicted molar refractivity (Wildman–Crippen MR) is 129 cm³/mol. The Bertz CT molecular complexity index is 1140. The maximum absolute atomic E-state index is 13.9. The lowest BCUT2D eigenvalue weighted by Crippen LogP contribution is -2.58. The third-order valence-electron chi connectivity index (χ3n) is 6.05. The van der Waals surface area contributed by atoms with Crippen LogP contribution in [0.3, 0.4) is 0 Å². The molecule has 0 fully saturated rings. The number of carboxylic acid groups (broad SMARTS) is 1. The molecule has 2 amide bonds. The summed E-state index contributed by atoms with van der Waals surface area (Å²) in [6, 6.07) is 18.8. The summed E-state index contributed by atoms with van der Waals surface area (Å²) < 4.78 is 0. The van der Waals surface area contributed by atoms with Gasteiger partial charge >= 0.3 is 6.09 Å². The van der Waals surface area contributed by atoms with Crippen LogP contribution in [0.1, 0.15) is 31.9 Å². The van der Waals surface area contributed by atoms with Crippen LogP contribution in [0.15, 0.2) is 73.1 Å². The van der Waals surface area contributed by atoms with E-state index in [2.05, 4.69) is 11.1 Å². The van der Waals surface area contributed by atoms with Gasteiger partial charge in [0, 0.05) is 36.6 Å². The second kappa shape index (κ2) is 9.06. The molecule has 0 spiro atoms. The van der Waals surface area contributed by atoms with Crippen molar-refractivity contribution in [2.45, 2.75) is 45.2 Å². The number of carbonyl (C=O) groups is 2. The Morgan fingerprint density at radius 2 is 1.73 bits per heavy atom. The highest BCUT2D eigenvalue weighted by atomic mass is 16.4. The minimum atomic E-state index is -1.09. The van der Waals surface area contributed by atoms with Crippen LogP contribution >= 0.6 is 0 Å². The summed E-state index contributed by atoms with van der Waals surface area (Å²) in [6.07, 6.45) is 3.49. The van der Waals surface area contributed by atoms with E-state index >= 15 is 0 Å². The van der Waals surface area contributed by atoms with Crippen molar-refractivity contribution >= 4 is 17.7 Å². The first-order chi connectivity index (χ1) is 15.8. The molecule has 170 valence electrons. The van der Waals surface area contributed by atoms with Crippen molar-refractivity contribution in [3.63, 3.8) is 0 Å². The molecule has 0 saturated carbocycles. The molecule has 1 N–H and O–H groups in total. The molecule has 6 nitrogen and oxygen atoms in total. The number of fused-ring (bicyclic) bond motifs is 1. The third kappa shape index (κ3) is 4.75. The summed E-state index contributed by atoms with van der Waals surface area (Å²) in [7, 11) is 0. The maximum atomic E-state index is 13.9. The van der Waals surface area contributed by atoms with Crippen LogP contribution in [-0.2, 0) is 17.6 Å². The Morgan fingerprint density at radius 1 is 1.03 bits per heavy atom. The lowest BCUT2D eigenvalue weighted by atomic mass is 9.97. The van der Waals surface area contributed by atoms with Crippen LogP contribution in [-0.4, -0.2) is 45.1 Å². The lowest BCUT2D eigenvalue weighted by Gasteiger charge is -2.40. The van der Waals surface area contributed by atoms with Crippen molar-refractivity contribution < 1.29 is 14.7 Å².